The van der Waals surface area contributed by atoms with Crippen LogP contribution in [0.5, 0.6) is 0 Å². The van der Waals surface area contributed by atoms with Crippen molar-refractivity contribution in [3.05, 3.63) is 35.6 Å². The fraction of sp³-hybridized carbons (Fsp3) is 0.500. The van der Waals surface area contributed by atoms with E-state index in [0.717, 1.165) is 18.5 Å². The second-order valence-electron chi connectivity index (χ2n) is 4.76. The molecule has 2 rings (SSSR count). The van der Waals surface area contributed by atoms with Crippen molar-refractivity contribution in [2.24, 2.45) is 0 Å². The molecule has 4 heteroatoms. The highest BCUT2D eigenvalue weighted by molar-refractivity contribution is 5.76. The van der Waals surface area contributed by atoms with Gasteiger partial charge in [0.15, 0.2) is 0 Å². The lowest BCUT2D eigenvalue weighted by molar-refractivity contribution is -0.121. The summed E-state index contributed by atoms with van der Waals surface area (Å²) in [6.45, 7) is 1.39. The second-order valence-corrected chi connectivity index (χ2v) is 4.76. The average Bonchev–Trinajstić information content (AvgIpc) is 2.38. The zero-order valence-electron chi connectivity index (χ0n) is 10.4. The van der Waals surface area contributed by atoms with Gasteiger partial charge in [0.2, 0.25) is 5.91 Å². The maximum absolute atomic E-state index is 12.9. The van der Waals surface area contributed by atoms with Crippen LogP contribution in [0.3, 0.4) is 0 Å². The van der Waals surface area contributed by atoms with E-state index >= 15 is 0 Å². The van der Waals surface area contributed by atoms with Crippen LogP contribution in [0.15, 0.2) is 24.3 Å². The van der Waals surface area contributed by atoms with Crippen molar-refractivity contribution < 1.29 is 9.18 Å². The van der Waals surface area contributed by atoms with Crippen LogP contribution in [-0.4, -0.2) is 18.5 Å². The molecule has 1 heterocycles. The Labute approximate surface area is 107 Å². The van der Waals surface area contributed by atoms with Gasteiger partial charge >= 0.3 is 0 Å². The minimum atomic E-state index is -0.268. The van der Waals surface area contributed by atoms with E-state index in [1.54, 1.807) is 6.07 Å². The predicted octanol–water partition coefficient (Wildman–Crippen LogP) is 1.97. The Morgan fingerprint density at radius 2 is 2.33 bits per heavy atom. The van der Waals surface area contributed by atoms with Crippen LogP contribution in [0, 0.1) is 5.82 Å². The van der Waals surface area contributed by atoms with Gasteiger partial charge in [-0.1, -0.05) is 18.6 Å². The van der Waals surface area contributed by atoms with Crippen LogP contribution in [0.1, 0.15) is 31.2 Å². The number of nitrogens with one attached hydrogen (secondary N) is 2. The molecule has 0 radical (unpaired) electrons. The van der Waals surface area contributed by atoms with Gasteiger partial charge in [0.05, 0.1) is 0 Å². The summed E-state index contributed by atoms with van der Waals surface area (Å²) in [5.74, 6) is -0.241. The molecule has 1 fully saturated rings. The third-order valence-corrected chi connectivity index (χ3v) is 3.22. The SMILES string of the molecule is O=C(CC1CCCCN1)NCc1cccc(F)c1. The molecule has 0 saturated carbocycles. The van der Waals surface area contributed by atoms with E-state index in [4.69, 9.17) is 0 Å². The van der Waals surface area contributed by atoms with Crippen molar-refractivity contribution in [1.29, 1.82) is 0 Å². The number of benzene rings is 1. The van der Waals surface area contributed by atoms with Gasteiger partial charge in [0, 0.05) is 19.0 Å². The first-order valence-electron chi connectivity index (χ1n) is 6.48. The summed E-state index contributed by atoms with van der Waals surface area (Å²) in [5.41, 5.74) is 0.792. The lowest BCUT2D eigenvalue weighted by Crippen LogP contribution is -2.38. The largest absolute Gasteiger partial charge is 0.352 e. The third kappa shape index (κ3) is 4.11. The molecule has 1 aliphatic heterocycles. The molecule has 3 nitrogen and oxygen atoms in total. The summed E-state index contributed by atoms with van der Waals surface area (Å²) >= 11 is 0. The van der Waals surface area contributed by atoms with Crippen molar-refractivity contribution >= 4 is 5.91 Å². The van der Waals surface area contributed by atoms with Crippen LogP contribution in [0.2, 0.25) is 0 Å². The number of amides is 1. The molecule has 1 saturated heterocycles. The van der Waals surface area contributed by atoms with Crippen LogP contribution < -0.4 is 10.6 Å². The van der Waals surface area contributed by atoms with Gasteiger partial charge in [-0.3, -0.25) is 4.79 Å². The zero-order valence-corrected chi connectivity index (χ0v) is 10.4. The molecule has 1 atom stereocenters. The minimum Gasteiger partial charge on any atom is -0.352 e. The Bertz CT molecular complexity index is 403. The van der Waals surface area contributed by atoms with Gasteiger partial charge in [-0.2, -0.15) is 0 Å². The summed E-state index contributed by atoms with van der Waals surface area (Å²) in [6.07, 6.45) is 3.96. The fourth-order valence-corrected chi connectivity index (χ4v) is 2.24. The number of carbonyl (C=O) groups is 1. The molecule has 1 aromatic carbocycles. The van der Waals surface area contributed by atoms with E-state index in [2.05, 4.69) is 10.6 Å². The maximum atomic E-state index is 12.9. The minimum absolute atomic E-state index is 0.0265. The van der Waals surface area contributed by atoms with E-state index in [-0.39, 0.29) is 11.7 Å². The smallest absolute Gasteiger partial charge is 0.221 e. The van der Waals surface area contributed by atoms with Crippen molar-refractivity contribution in [2.75, 3.05) is 6.54 Å². The van der Waals surface area contributed by atoms with Gasteiger partial charge in [-0.05, 0) is 37.1 Å². The number of rotatable bonds is 4. The Kier molecular flexibility index (Phi) is 4.70. The molecule has 2 N–H and O–H groups in total. The third-order valence-electron chi connectivity index (χ3n) is 3.22. The van der Waals surface area contributed by atoms with Gasteiger partial charge in [0.1, 0.15) is 5.82 Å². The van der Waals surface area contributed by atoms with Crippen molar-refractivity contribution in [1.82, 2.24) is 10.6 Å². The van der Waals surface area contributed by atoms with Crippen molar-refractivity contribution in [2.45, 2.75) is 38.3 Å². The van der Waals surface area contributed by atoms with E-state index in [1.165, 1.54) is 25.0 Å². The highest BCUT2D eigenvalue weighted by Crippen LogP contribution is 2.10. The van der Waals surface area contributed by atoms with Crippen LogP contribution >= 0.6 is 0 Å². The number of halogens is 1. The Morgan fingerprint density at radius 1 is 1.44 bits per heavy atom. The topological polar surface area (TPSA) is 41.1 Å². The lowest BCUT2D eigenvalue weighted by atomic mass is 10.0. The highest BCUT2D eigenvalue weighted by Gasteiger charge is 2.15. The van der Waals surface area contributed by atoms with Gasteiger partial charge < -0.3 is 10.6 Å². The number of hydrogen-bond acceptors (Lipinski definition) is 2. The molecule has 0 aliphatic carbocycles. The molecule has 1 amide bonds. The lowest BCUT2D eigenvalue weighted by Gasteiger charge is -2.22. The standard InChI is InChI=1S/C14H19FN2O/c15-12-5-3-4-11(8-12)10-17-14(18)9-13-6-1-2-7-16-13/h3-5,8,13,16H,1-2,6-7,9-10H2,(H,17,18). The van der Waals surface area contributed by atoms with Gasteiger partial charge in [0.25, 0.3) is 0 Å². The van der Waals surface area contributed by atoms with Gasteiger partial charge in [-0.25, -0.2) is 4.39 Å². The normalized spacial score (nSPS) is 19.5. The predicted molar refractivity (Wildman–Crippen MR) is 68.5 cm³/mol. The number of piperidine rings is 1. The molecule has 1 aliphatic rings. The van der Waals surface area contributed by atoms with E-state index in [0.29, 0.717) is 19.0 Å². The molecule has 18 heavy (non-hydrogen) atoms. The average molecular weight is 250 g/mol. The summed E-state index contributed by atoms with van der Waals surface area (Å²) < 4.78 is 12.9. The number of hydrogen-bond donors (Lipinski definition) is 2. The van der Waals surface area contributed by atoms with E-state index in [9.17, 15) is 9.18 Å². The van der Waals surface area contributed by atoms with Crippen LogP contribution in [0.4, 0.5) is 4.39 Å². The quantitative estimate of drug-likeness (QED) is 0.858. The molecule has 0 spiro atoms. The fourth-order valence-electron chi connectivity index (χ4n) is 2.24. The Morgan fingerprint density at radius 3 is 3.06 bits per heavy atom. The maximum Gasteiger partial charge on any atom is 0.221 e. The Balaban J connectivity index is 1.74. The second kappa shape index (κ2) is 6.50. The molecule has 1 aromatic rings. The van der Waals surface area contributed by atoms with E-state index < -0.39 is 0 Å². The number of carbonyl (C=O) groups excluding carboxylic acids is 1. The van der Waals surface area contributed by atoms with Crippen molar-refractivity contribution in [3.8, 4) is 0 Å². The Hall–Kier alpha value is -1.42. The first-order valence-corrected chi connectivity index (χ1v) is 6.48. The van der Waals surface area contributed by atoms with Crippen molar-refractivity contribution in [3.63, 3.8) is 0 Å². The summed E-state index contributed by atoms with van der Waals surface area (Å²) in [7, 11) is 0. The summed E-state index contributed by atoms with van der Waals surface area (Å²) in [5, 5.41) is 6.16. The molecule has 98 valence electrons. The van der Waals surface area contributed by atoms with Crippen LogP contribution in [-0.2, 0) is 11.3 Å². The molecule has 0 aromatic heterocycles. The summed E-state index contributed by atoms with van der Waals surface area (Å²) in [4.78, 5) is 11.7. The monoisotopic (exact) mass is 250 g/mol. The summed E-state index contributed by atoms with van der Waals surface area (Å²) in [6, 6.07) is 6.60. The molecule has 1 unspecified atom stereocenters. The molecular weight excluding hydrogens is 231 g/mol. The zero-order chi connectivity index (χ0) is 12.8. The van der Waals surface area contributed by atoms with Gasteiger partial charge in [-0.15, -0.1) is 0 Å². The van der Waals surface area contributed by atoms with E-state index in [1.807, 2.05) is 6.07 Å². The molecular formula is C14H19FN2O. The van der Waals surface area contributed by atoms with Crippen LogP contribution in [0.25, 0.3) is 0 Å². The first-order chi connectivity index (χ1) is 8.74. The first kappa shape index (κ1) is 13.0. The molecule has 0 bridgehead atoms. The highest BCUT2D eigenvalue weighted by atomic mass is 19.1.